The third kappa shape index (κ3) is 4.80. The Hall–Kier alpha value is -0.840. The second-order valence-electron chi connectivity index (χ2n) is 5.02. The lowest BCUT2D eigenvalue weighted by molar-refractivity contribution is 0.258. The molecule has 0 saturated carbocycles. The molecule has 0 aliphatic heterocycles. The van der Waals surface area contributed by atoms with Crippen LogP contribution in [0.4, 0.5) is 0 Å². The molecule has 1 aromatic heterocycles. The summed E-state index contributed by atoms with van der Waals surface area (Å²) in [4.78, 5) is 4.67. The van der Waals surface area contributed by atoms with Gasteiger partial charge < -0.3 is 15.1 Å². The van der Waals surface area contributed by atoms with E-state index in [1.807, 2.05) is 6.92 Å². The Bertz CT molecular complexity index is 347. The Balaban J connectivity index is 2.48. The Morgan fingerprint density at radius 3 is 2.50 bits per heavy atom. The molecule has 1 rings (SSSR count). The van der Waals surface area contributed by atoms with Gasteiger partial charge in [-0.25, -0.2) is 0 Å². The molecule has 4 heteroatoms. The lowest BCUT2D eigenvalue weighted by atomic mass is 10.2. The molecule has 0 unspecified atom stereocenters. The van der Waals surface area contributed by atoms with E-state index in [2.05, 4.69) is 36.9 Å². The van der Waals surface area contributed by atoms with E-state index in [4.69, 9.17) is 10.2 Å². The summed E-state index contributed by atoms with van der Waals surface area (Å²) < 4.78 is 5.59. The van der Waals surface area contributed by atoms with Crippen molar-refractivity contribution >= 4 is 0 Å². The van der Waals surface area contributed by atoms with Gasteiger partial charge in [-0.15, -0.1) is 0 Å². The Labute approximate surface area is 111 Å². The summed E-state index contributed by atoms with van der Waals surface area (Å²) in [5, 5.41) is 0. The van der Waals surface area contributed by atoms with E-state index >= 15 is 0 Å². The van der Waals surface area contributed by atoms with Crippen molar-refractivity contribution in [3.05, 3.63) is 23.2 Å². The molecule has 2 N–H and O–H groups in total. The van der Waals surface area contributed by atoms with Crippen molar-refractivity contribution in [3.8, 4) is 0 Å². The average molecular weight is 253 g/mol. The second kappa shape index (κ2) is 7.56. The maximum Gasteiger partial charge on any atom is 0.118 e. The summed E-state index contributed by atoms with van der Waals surface area (Å²) in [6.45, 7) is 8.98. The van der Waals surface area contributed by atoms with Gasteiger partial charge in [0.1, 0.15) is 11.5 Å². The Morgan fingerprint density at radius 2 is 2.00 bits per heavy atom. The quantitative estimate of drug-likeness (QED) is 0.767. The molecule has 0 radical (unpaired) electrons. The first-order chi connectivity index (χ1) is 8.56. The summed E-state index contributed by atoms with van der Waals surface area (Å²) in [6, 6.07) is 2.09. The van der Waals surface area contributed by atoms with Crippen LogP contribution in [-0.2, 0) is 13.1 Å². The van der Waals surface area contributed by atoms with Gasteiger partial charge in [0.15, 0.2) is 0 Å². The van der Waals surface area contributed by atoms with E-state index < -0.39 is 0 Å². The fraction of sp³-hybridized carbons (Fsp3) is 0.714. The standard InChI is InChI=1S/C14H27N3O/c1-5-17(8-6-7-16(3)4)11-13-9-14(10-15)18-12(13)2/h9H,5-8,10-11,15H2,1-4H3. The van der Waals surface area contributed by atoms with E-state index in [9.17, 15) is 0 Å². The zero-order chi connectivity index (χ0) is 13.5. The van der Waals surface area contributed by atoms with Gasteiger partial charge in [-0.3, -0.25) is 4.90 Å². The molecule has 104 valence electrons. The van der Waals surface area contributed by atoms with E-state index in [0.29, 0.717) is 6.54 Å². The minimum absolute atomic E-state index is 0.480. The highest BCUT2D eigenvalue weighted by atomic mass is 16.3. The van der Waals surface area contributed by atoms with Gasteiger partial charge in [0.25, 0.3) is 0 Å². The zero-order valence-corrected chi connectivity index (χ0v) is 12.2. The van der Waals surface area contributed by atoms with Crippen LogP contribution in [0, 0.1) is 6.92 Å². The highest BCUT2D eigenvalue weighted by Gasteiger charge is 2.10. The first-order valence-electron chi connectivity index (χ1n) is 6.72. The molecular formula is C14H27N3O. The molecular weight excluding hydrogens is 226 g/mol. The van der Waals surface area contributed by atoms with Gasteiger partial charge in [-0.1, -0.05) is 6.92 Å². The van der Waals surface area contributed by atoms with Crippen LogP contribution in [0.1, 0.15) is 30.4 Å². The summed E-state index contributed by atoms with van der Waals surface area (Å²) in [7, 11) is 4.23. The minimum Gasteiger partial charge on any atom is -0.465 e. The third-order valence-corrected chi connectivity index (χ3v) is 3.19. The SMILES string of the molecule is CCN(CCCN(C)C)Cc1cc(CN)oc1C. The van der Waals surface area contributed by atoms with E-state index in [1.165, 1.54) is 12.0 Å². The van der Waals surface area contributed by atoms with Crippen LogP contribution in [0.3, 0.4) is 0 Å². The lowest BCUT2D eigenvalue weighted by Crippen LogP contribution is -2.27. The monoisotopic (exact) mass is 253 g/mol. The first-order valence-corrected chi connectivity index (χ1v) is 6.72. The van der Waals surface area contributed by atoms with E-state index in [-0.39, 0.29) is 0 Å². The minimum atomic E-state index is 0.480. The molecule has 0 amide bonds. The van der Waals surface area contributed by atoms with Gasteiger partial charge in [0, 0.05) is 12.1 Å². The van der Waals surface area contributed by atoms with Gasteiger partial charge in [-0.05, 0) is 53.1 Å². The average Bonchev–Trinajstić information content (AvgIpc) is 2.68. The number of aryl methyl sites for hydroxylation is 1. The van der Waals surface area contributed by atoms with E-state index in [1.54, 1.807) is 0 Å². The molecule has 0 bridgehead atoms. The molecule has 1 aromatic rings. The maximum absolute atomic E-state index is 5.60. The van der Waals surface area contributed by atoms with Crippen LogP contribution in [0.2, 0.25) is 0 Å². The molecule has 0 spiro atoms. The first kappa shape index (κ1) is 15.2. The number of rotatable bonds is 8. The lowest BCUT2D eigenvalue weighted by Gasteiger charge is -2.21. The molecule has 0 aliphatic carbocycles. The van der Waals surface area contributed by atoms with Crippen LogP contribution in [0.25, 0.3) is 0 Å². The smallest absolute Gasteiger partial charge is 0.118 e. The summed E-state index contributed by atoms with van der Waals surface area (Å²) in [5.74, 6) is 1.88. The van der Waals surface area contributed by atoms with Crippen molar-refractivity contribution in [1.29, 1.82) is 0 Å². The molecule has 0 atom stereocenters. The van der Waals surface area contributed by atoms with Crippen molar-refractivity contribution in [2.24, 2.45) is 5.73 Å². The van der Waals surface area contributed by atoms with Crippen LogP contribution in [-0.4, -0.2) is 43.5 Å². The summed E-state index contributed by atoms with van der Waals surface area (Å²) in [6.07, 6.45) is 1.20. The Morgan fingerprint density at radius 1 is 1.28 bits per heavy atom. The highest BCUT2D eigenvalue weighted by molar-refractivity contribution is 5.20. The molecule has 18 heavy (non-hydrogen) atoms. The highest BCUT2D eigenvalue weighted by Crippen LogP contribution is 2.16. The summed E-state index contributed by atoms with van der Waals surface area (Å²) in [5.41, 5.74) is 6.86. The largest absolute Gasteiger partial charge is 0.465 e. The number of hydrogen-bond acceptors (Lipinski definition) is 4. The molecule has 1 heterocycles. The molecule has 0 aliphatic rings. The van der Waals surface area contributed by atoms with Gasteiger partial charge in [0.2, 0.25) is 0 Å². The van der Waals surface area contributed by atoms with Crippen molar-refractivity contribution in [2.75, 3.05) is 33.7 Å². The number of nitrogens with zero attached hydrogens (tertiary/aromatic N) is 2. The summed E-state index contributed by atoms with van der Waals surface area (Å²) >= 11 is 0. The molecule has 0 saturated heterocycles. The molecule has 0 aromatic carbocycles. The van der Waals surface area contributed by atoms with Crippen LogP contribution < -0.4 is 5.73 Å². The number of hydrogen-bond donors (Lipinski definition) is 1. The number of nitrogens with two attached hydrogens (primary N) is 1. The fourth-order valence-corrected chi connectivity index (χ4v) is 2.05. The second-order valence-corrected chi connectivity index (χ2v) is 5.02. The van der Waals surface area contributed by atoms with Gasteiger partial charge in [-0.2, -0.15) is 0 Å². The van der Waals surface area contributed by atoms with E-state index in [0.717, 1.165) is 37.7 Å². The molecule has 4 nitrogen and oxygen atoms in total. The van der Waals surface area contributed by atoms with Crippen molar-refractivity contribution in [3.63, 3.8) is 0 Å². The maximum atomic E-state index is 5.60. The fourth-order valence-electron chi connectivity index (χ4n) is 2.05. The van der Waals surface area contributed by atoms with Crippen molar-refractivity contribution in [2.45, 2.75) is 33.4 Å². The van der Waals surface area contributed by atoms with Crippen molar-refractivity contribution in [1.82, 2.24) is 9.80 Å². The number of furan rings is 1. The predicted octanol–water partition coefficient (Wildman–Crippen LogP) is 1.82. The van der Waals surface area contributed by atoms with Crippen LogP contribution in [0.5, 0.6) is 0 Å². The van der Waals surface area contributed by atoms with Crippen LogP contribution in [0.15, 0.2) is 10.5 Å². The Kier molecular flexibility index (Phi) is 6.39. The topological polar surface area (TPSA) is 45.6 Å². The normalized spacial score (nSPS) is 11.7. The predicted molar refractivity (Wildman–Crippen MR) is 75.5 cm³/mol. The van der Waals surface area contributed by atoms with Crippen LogP contribution >= 0.6 is 0 Å². The zero-order valence-electron chi connectivity index (χ0n) is 12.2. The third-order valence-electron chi connectivity index (χ3n) is 3.19. The molecule has 0 fully saturated rings. The van der Waals surface area contributed by atoms with Crippen molar-refractivity contribution < 1.29 is 4.42 Å². The van der Waals surface area contributed by atoms with Gasteiger partial charge >= 0.3 is 0 Å². The van der Waals surface area contributed by atoms with Gasteiger partial charge in [0.05, 0.1) is 6.54 Å².